The number of hydrogen-bond acceptors (Lipinski definition) is 3. The molecule has 1 aliphatic carbocycles. The zero-order chi connectivity index (χ0) is 13.9. The molecule has 3 rings (SSSR count). The van der Waals surface area contributed by atoms with Crippen molar-refractivity contribution >= 4 is 17.2 Å². The normalized spacial score (nSPS) is 14.1. The molecule has 1 saturated carbocycles. The highest BCUT2D eigenvalue weighted by Gasteiger charge is 2.33. The predicted octanol–water partition coefficient (Wildman–Crippen LogP) is 3.56. The van der Waals surface area contributed by atoms with Gasteiger partial charge in [-0.2, -0.15) is 0 Å². The van der Waals surface area contributed by atoms with Crippen molar-refractivity contribution in [1.82, 2.24) is 4.90 Å². The summed E-state index contributed by atoms with van der Waals surface area (Å²) in [5.74, 6) is 0.822. The van der Waals surface area contributed by atoms with Crippen molar-refractivity contribution in [3.8, 4) is 5.75 Å². The van der Waals surface area contributed by atoms with E-state index in [1.807, 2.05) is 35.2 Å². The molecule has 0 atom stereocenters. The van der Waals surface area contributed by atoms with Crippen LogP contribution in [0.25, 0.3) is 0 Å². The number of hydrogen-bond donors (Lipinski definition) is 0. The number of carbonyl (C=O) groups excluding carboxylic acids is 1. The molecule has 1 amide bonds. The average molecular weight is 287 g/mol. The Morgan fingerprint density at radius 1 is 1.35 bits per heavy atom. The van der Waals surface area contributed by atoms with Gasteiger partial charge >= 0.3 is 0 Å². The van der Waals surface area contributed by atoms with Gasteiger partial charge in [-0.15, -0.1) is 11.3 Å². The number of benzene rings is 1. The molecule has 0 N–H and O–H groups in total. The Kier molecular flexibility index (Phi) is 3.74. The largest absolute Gasteiger partial charge is 0.497 e. The average Bonchev–Trinajstić information content (AvgIpc) is 3.20. The number of rotatable bonds is 5. The fraction of sp³-hybridized carbons (Fsp3) is 0.312. The van der Waals surface area contributed by atoms with Crippen molar-refractivity contribution in [2.45, 2.75) is 25.4 Å². The summed E-state index contributed by atoms with van der Waals surface area (Å²) in [6, 6.07) is 11.9. The first-order valence-electron chi connectivity index (χ1n) is 6.75. The number of ether oxygens (including phenoxy) is 1. The van der Waals surface area contributed by atoms with Crippen molar-refractivity contribution in [3.63, 3.8) is 0 Å². The summed E-state index contributed by atoms with van der Waals surface area (Å²) in [4.78, 5) is 15.9. The molecule has 0 bridgehead atoms. The number of thiophene rings is 1. The van der Waals surface area contributed by atoms with Crippen LogP contribution in [-0.4, -0.2) is 24.0 Å². The van der Waals surface area contributed by atoms with E-state index in [4.69, 9.17) is 4.74 Å². The third-order valence-electron chi connectivity index (χ3n) is 3.47. The van der Waals surface area contributed by atoms with E-state index in [1.54, 1.807) is 18.4 Å². The van der Waals surface area contributed by atoms with Crippen LogP contribution in [0.5, 0.6) is 5.75 Å². The zero-order valence-corrected chi connectivity index (χ0v) is 12.2. The highest BCUT2D eigenvalue weighted by atomic mass is 32.1. The minimum atomic E-state index is 0.0970. The van der Waals surface area contributed by atoms with E-state index in [1.165, 1.54) is 4.88 Å². The molecule has 3 nitrogen and oxygen atoms in total. The molecule has 104 valence electrons. The van der Waals surface area contributed by atoms with Crippen LogP contribution in [0.4, 0.5) is 0 Å². The SMILES string of the molecule is COc1cccc(C(=O)N(Cc2cccs2)C2CC2)c1. The molecule has 1 fully saturated rings. The van der Waals surface area contributed by atoms with Gasteiger partial charge < -0.3 is 9.64 Å². The van der Waals surface area contributed by atoms with E-state index >= 15 is 0 Å². The van der Waals surface area contributed by atoms with Gasteiger partial charge in [0.15, 0.2) is 0 Å². The van der Waals surface area contributed by atoms with Gasteiger partial charge in [-0.3, -0.25) is 4.79 Å². The molecule has 0 spiro atoms. The molecule has 2 aromatic rings. The minimum absolute atomic E-state index is 0.0970. The first-order valence-corrected chi connectivity index (χ1v) is 7.63. The van der Waals surface area contributed by atoms with E-state index in [9.17, 15) is 4.79 Å². The van der Waals surface area contributed by atoms with Gasteiger partial charge in [0.2, 0.25) is 0 Å². The topological polar surface area (TPSA) is 29.5 Å². The molecule has 1 aliphatic rings. The molecule has 0 aliphatic heterocycles. The Morgan fingerprint density at radius 2 is 2.20 bits per heavy atom. The number of amides is 1. The van der Waals surface area contributed by atoms with Crippen LogP contribution >= 0.6 is 11.3 Å². The fourth-order valence-corrected chi connectivity index (χ4v) is 2.95. The van der Waals surface area contributed by atoms with Crippen LogP contribution in [0.2, 0.25) is 0 Å². The van der Waals surface area contributed by atoms with Gasteiger partial charge in [-0.05, 0) is 42.5 Å². The lowest BCUT2D eigenvalue weighted by Gasteiger charge is -2.22. The molecule has 1 heterocycles. The van der Waals surface area contributed by atoms with E-state index in [0.717, 1.165) is 18.6 Å². The molecule has 0 radical (unpaired) electrons. The molecule has 4 heteroatoms. The summed E-state index contributed by atoms with van der Waals surface area (Å²) in [5.41, 5.74) is 0.702. The van der Waals surface area contributed by atoms with Crippen LogP contribution in [0, 0.1) is 0 Å². The number of carbonyl (C=O) groups is 1. The molecule has 20 heavy (non-hydrogen) atoms. The van der Waals surface area contributed by atoms with E-state index in [-0.39, 0.29) is 5.91 Å². The molecular formula is C16H17NO2S. The Morgan fingerprint density at radius 3 is 2.85 bits per heavy atom. The van der Waals surface area contributed by atoms with Gasteiger partial charge in [-0.1, -0.05) is 12.1 Å². The second-order valence-corrected chi connectivity index (χ2v) is 6.01. The molecule has 1 aromatic carbocycles. The summed E-state index contributed by atoms with van der Waals surface area (Å²) in [6.07, 6.45) is 2.22. The molecule has 1 aromatic heterocycles. The van der Waals surface area contributed by atoms with Crippen LogP contribution in [0.1, 0.15) is 28.1 Å². The zero-order valence-electron chi connectivity index (χ0n) is 11.4. The van der Waals surface area contributed by atoms with E-state index < -0.39 is 0 Å². The minimum Gasteiger partial charge on any atom is -0.497 e. The Labute approximate surface area is 122 Å². The molecule has 0 saturated heterocycles. The smallest absolute Gasteiger partial charge is 0.254 e. The summed E-state index contributed by atoms with van der Waals surface area (Å²) in [5, 5.41) is 2.05. The van der Waals surface area contributed by atoms with Crippen molar-refractivity contribution in [2.24, 2.45) is 0 Å². The Balaban J connectivity index is 1.81. The van der Waals surface area contributed by atoms with Crippen LogP contribution in [0.15, 0.2) is 41.8 Å². The lowest BCUT2D eigenvalue weighted by Crippen LogP contribution is -2.32. The Bertz CT molecular complexity index is 590. The maximum absolute atomic E-state index is 12.7. The third-order valence-corrected chi connectivity index (χ3v) is 4.33. The summed E-state index contributed by atoms with van der Waals surface area (Å²) >= 11 is 1.70. The van der Waals surface area contributed by atoms with Crippen molar-refractivity contribution in [3.05, 3.63) is 52.2 Å². The van der Waals surface area contributed by atoms with Gasteiger partial charge in [0.25, 0.3) is 5.91 Å². The van der Waals surface area contributed by atoms with Crippen molar-refractivity contribution in [1.29, 1.82) is 0 Å². The number of methoxy groups -OCH3 is 1. The van der Waals surface area contributed by atoms with E-state index in [2.05, 4.69) is 11.4 Å². The van der Waals surface area contributed by atoms with Gasteiger partial charge in [0.1, 0.15) is 5.75 Å². The highest BCUT2D eigenvalue weighted by molar-refractivity contribution is 7.09. The van der Waals surface area contributed by atoms with Gasteiger partial charge in [-0.25, -0.2) is 0 Å². The van der Waals surface area contributed by atoms with E-state index in [0.29, 0.717) is 18.2 Å². The number of nitrogens with zero attached hydrogens (tertiary/aromatic N) is 1. The second-order valence-electron chi connectivity index (χ2n) is 4.98. The van der Waals surface area contributed by atoms with Crippen molar-refractivity contribution in [2.75, 3.05) is 7.11 Å². The maximum atomic E-state index is 12.7. The van der Waals surface area contributed by atoms with Crippen LogP contribution < -0.4 is 4.74 Å². The first kappa shape index (κ1) is 13.2. The van der Waals surface area contributed by atoms with Crippen LogP contribution in [0.3, 0.4) is 0 Å². The predicted molar refractivity (Wildman–Crippen MR) is 80.2 cm³/mol. The lowest BCUT2D eigenvalue weighted by atomic mass is 10.2. The van der Waals surface area contributed by atoms with Gasteiger partial charge in [0, 0.05) is 16.5 Å². The standard InChI is InChI=1S/C16H17NO2S/c1-19-14-5-2-4-12(10-14)16(18)17(13-7-8-13)11-15-6-3-9-20-15/h2-6,9-10,13H,7-8,11H2,1H3. The van der Waals surface area contributed by atoms with Gasteiger partial charge in [0.05, 0.1) is 13.7 Å². The summed E-state index contributed by atoms with van der Waals surface area (Å²) in [7, 11) is 1.62. The first-order chi connectivity index (χ1) is 9.78. The quantitative estimate of drug-likeness (QED) is 0.841. The maximum Gasteiger partial charge on any atom is 0.254 e. The lowest BCUT2D eigenvalue weighted by molar-refractivity contribution is 0.0731. The third kappa shape index (κ3) is 2.85. The summed E-state index contributed by atoms with van der Waals surface area (Å²) in [6.45, 7) is 0.707. The molecule has 0 unspecified atom stereocenters. The fourth-order valence-electron chi connectivity index (χ4n) is 2.25. The monoisotopic (exact) mass is 287 g/mol. The summed E-state index contributed by atoms with van der Waals surface area (Å²) < 4.78 is 5.20. The molecular weight excluding hydrogens is 270 g/mol. The van der Waals surface area contributed by atoms with Crippen LogP contribution in [-0.2, 0) is 6.54 Å². The highest BCUT2D eigenvalue weighted by Crippen LogP contribution is 2.31. The second kappa shape index (κ2) is 5.67. The Hall–Kier alpha value is -1.81. The van der Waals surface area contributed by atoms with Crippen molar-refractivity contribution < 1.29 is 9.53 Å².